The molecule has 0 N–H and O–H groups in total. The standard InChI is InChI=1S/C10H18O/c1-7-5-4-6-8(2)10(11)9(7)3/h7-9H,4-6H2,1-3H3. The Morgan fingerprint density at radius 2 is 1.82 bits per heavy atom. The van der Waals surface area contributed by atoms with E-state index in [1.54, 1.807) is 0 Å². The van der Waals surface area contributed by atoms with Gasteiger partial charge >= 0.3 is 0 Å². The number of carbonyl (C=O) groups excluding carboxylic acids is 1. The van der Waals surface area contributed by atoms with Gasteiger partial charge in [0.1, 0.15) is 5.78 Å². The van der Waals surface area contributed by atoms with E-state index in [1.165, 1.54) is 12.8 Å². The lowest BCUT2D eigenvalue weighted by Gasteiger charge is -2.15. The van der Waals surface area contributed by atoms with Crippen LogP contribution in [0.5, 0.6) is 0 Å². The summed E-state index contributed by atoms with van der Waals surface area (Å²) in [5.74, 6) is 1.70. The van der Waals surface area contributed by atoms with Gasteiger partial charge in [0.05, 0.1) is 0 Å². The van der Waals surface area contributed by atoms with Crippen LogP contribution in [-0.2, 0) is 4.79 Å². The summed E-state index contributed by atoms with van der Waals surface area (Å²) in [6.45, 7) is 6.34. The maximum Gasteiger partial charge on any atom is 0.138 e. The van der Waals surface area contributed by atoms with E-state index in [4.69, 9.17) is 0 Å². The normalized spacial score (nSPS) is 40.3. The van der Waals surface area contributed by atoms with Crippen LogP contribution in [0, 0.1) is 17.8 Å². The van der Waals surface area contributed by atoms with Gasteiger partial charge in [-0.05, 0) is 12.3 Å². The Hall–Kier alpha value is -0.330. The third kappa shape index (κ3) is 1.82. The first-order valence-corrected chi connectivity index (χ1v) is 4.66. The Labute approximate surface area is 69.2 Å². The predicted molar refractivity (Wildman–Crippen MR) is 46.4 cm³/mol. The monoisotopic (exact) mass is 154 g/mol. The summed E-state index contributed by atoms with van der Waals surface area (Å²) in [6, 6.07) is 0. The molecule has 1 saturated carbocycles. The van der Waals surface area contributed by atoms with E-state index in [-0.39, 0.29) is 0 Å². The van der Waals surface area contributed by atoms with Gasteiger partial charge in [-0.25, -0.2) is 0 Å². The lowest BCUT2D eigenvalue weighted by atomic mass is 9.88. The summed E-state index contributed by atoms with van der Waals surface area (Å²) in [4.78, 5) is 11.6. The number of hydrogen-bond donors (Lipinski definition) is 0. The maximum atomic E-state index is 11.6. The van der Waals surface area contributed by atoms with Crippen molar-refractivity contribution in [2.45, 2.75) is 40.0 Å². The Bertz CT molecular complexity index is 151. The van der Waals surface area contributed by atoms with Gasteiger partial charge in [0.2, 0.25) is 0 Å². The summed E-state index contributed by atoms with van der Waals surface area (Å²) in [6.07, 6.45) is 3.57. The highest BCUT2D eigenvalue weighted by Crippen LogP contribution is 2.28. The number of ketones is 1. The van der Waals surface area contributed by atoms with Crippen molar-refractivity contribution in [1.82, 2.24) is 0 Å². The smallest absolute Gasteiger partial charge is 0.138 e. The molecular weight excluding hydrogens is 136 g/mol. The zero-order valence-electron chi connectivity index (χ0n) is 7.76. The van der Waals surface area contributed by atoms with Crippen molar-refractivity contribution < 1.29 is 4.79 Å². The summed E-state index contributed by atoms with van der Waals surface area (Å²) in [5, 5.41) is 0. The molecule has 0 heterocycles. The van der Waals surface area contributed by atoms with Crippen molar-refractivity contribution in [2.24, 2.45) is 17.8 Å². The molecule has 64 valence electrons. The van der Waals surface area contributed by atoms with Crippen LogP contribution < -0.4 is 0 Å². The minimum atomic E-state index is 0.299. The first kappa shape index (κ1) is 8.76. The molecule has 0 aromatic rings. The van der Waals surface area contributed by atoms with Crippen molar-refractivity contribution in [3.05, 3.63) is 0 Å². The highest BCUT2D eigenvalue weighted by molar-refractivity contribution is 5.83. The second-order valence-corrected chi connectivity index (χ2v) is 4.00. The Kier molecular flexibility index (Phi) is 2.69. The SMILES string of the molecule is CC1CCCC(C)C(C)C1=O. The molecule has 0 radical (unpaired) electrons. The topological polar surface area (TPSA) is 17.1 Å². The van der Waals surface area contributed by atoms with Gasteiger partial charge in [0.25, 0.3) is 0 Å². The first-order chi connectivity index (χ1) is 5.13. The summed E-state index contributed by atoms with van der Waals surface area (Å²) in [5.41, 5.74) is 0. The van der Waals surface area contributed by atoms with Crippen molar-refractivity contribution >= 4 is 5.78 Å². The van der Waals surface area contributed by atoms with Crippen LogP contribution in [0.4, 0.5) is 0 Å². The van der Waals surface area contributed by atoms with Crippen LogP contribution in [-0.4, -0.2) is 5.78 Å². The highest BCUT2D eigenvalue weighted by atomic mass is 16.1. The minimum Gasteiger partial charge on any atom is -0.299 e. The second-order valence-electron chi connectivity index (χ2n) is 4.00. The van der Waals surface area contributed by atoms with Gasteiger partial charge in [-0.1, -0.05) is 33.6 Å². The van der Waals surface area contributed by atoms with Crippen molar-refractivity contribution in [1.29, 1.82) is 0 Å². The van der Waals surface area contributed by atoms with E-state index < -0.39 is 0 Å². The van der Waals surface area contributed by atoms with Gasteiger partial charge in [-0.15, -0.1) is 0 Å². The molecule has 11 heavy (non-hydrogen) atoms. The van der Waals surface area contributed by atoms with Crippen LogP contribution in [0.3, 0.4) is 0 Å². The van der Waals surface area contributed by atoms with E-state index in [1.807, 2.05) is 0 Å². The number of Topliss-reactive ketones (excluding diaryl/α,β-unsaturated/α-hetero) is 1. The molecule has 1 nitrogen and oxygen atoms in total. The zero-order chi connectivity index (χ0) is 8.43. The van der Waals surface area contributed by atoms with E-state index >= 15 is 0 Å². The van der Waals surface area contributed by atoms with Crippen LogP contribution in [0.15, 0.2) is 0 Å². The molecule has 0 aromatic heterocycles. The molecule has 0 amide bonds. The third-order valence-corrected chi connectivity index (χ3v) is 3.08. The molecule has 0 saturated heterocycles. The van der Waals surface area contributed by atoms with Crippen LogP contribution in [0.2, 0.25) is 0 Å². The molecule has 3 unspecified atom stereocenters. The van der Waals surface area contributed by atoms with Gasteiger partial charge in [0, 0.05) is 11.8 Å². The highest BCUT2D eigenvalue weighted by Gasteiger charge is 2.27. The fourth-order valence-corrected chi connectivity index (χ4v) is 1.87. The van der Waals surface area contributed by atoms with Gasteiger partial charge in [0.15, 0.2) is 0 Å². The average Bonchev–Trinajstić information content (AvgIpc) is 2.07. The van der Waals surface area contributed by atoms with Crippen LogP contribution >= 0.6 is 0 Å². The largest absolute Gasteiger partial charge is 0.299 e. The van der Waals surface area contributed by atoms with Crippen LogP contribution in [0.25, 0.3) is 0 Å². The molecule has 0 bridgehead atoms. The lowest BCUT2D eigenvalue weighted by molar-refractivity contribution is -0.126. The predicted octanol–water partition coefficient (Wildman–Crippen LogP) is 2.65. The Balaban J connectivity index is 2.66. The van der Waals surface area contributed by atoms with E-state index in [9.17, 15) is 4.79 Å². The Morgan fingerprint density at radius 1 is 1.18 bits per heavy atom. The molecule has 3 atom stereocenters. The molecule has 1 heteroatoms. The van der Waals surface area contributed by atoms with E-state index in [0.717, 1.165) is 6.42 Å². The number of hydrogen-bond acceptors (Lipinski definition) is 1. The fraction of sp³-hybridized carbons (Fsp3) is 0.900. The van der Waals surface area contributed by atoms with Gasteiger partial charge in [-0.3, -0.25) is 4.79 Å². The number of carbonyl (C=O) groups is 1. The van der Waals surface area contributed by atoms with Crippen LogP contribution in [0.1, 0.15) is 40.0 Å². The minimum absolute atomic E-state index is 0.299. The molecule has 1 fully saturated rings. The van der Waals surface area contributed by atoms with E-state index in [2.05, 4.69) is 20.8 Å². The molecule has 0 spiro atoms. The second kappa shape index (κ2) is 3.38. The molecule has 1 aliphatic carbocycles. The van der Waals surface area contributed by atoms with Crippen molar-refractivity contribution in [3.8, 4) is 0 Å². The third-order valence-electron chi connectivity index (χ3n) is 3.08. The first-order valence-electron chi connectivity index (χ1n) is 4.66. The van der Waals surface area contributed by atoms with E-state index in [0.29, 0.717) is 23.5 Å². The number of rotatable bonds is 0. The summed E-state index contributed by atoms with van der Waals surface area (Å²) in [7, 11) is 0. The van der Waals surface area contributed by atoms with Crippen molar-refractivity contribution in [2.75, 3.05) is 0 Å². The average molecular weight is 154 g/mol. The molecular formula is C10H18O. The lowest BCUT2D eigenvalue weighted by Crippen LogP contribution is -2.21. The summed E-state index contributed by atoms with van der Waals surface area (Å²) >= 11 is 0. The molecule has 0 aromatic carbocycles. The molecule has 1 aliphatic rings. The van der Waals surface area contributed by atoms with Gasteiger partial charge in [-0.2, -0.15) is 0 Å². The quantitative estimate of drug-likeness (QED) is 0.490. The fourth-order valence-electron chi connectivity index (χ4n) is 1.87. The molecule has 1 rings (SSSR count). The van der Waals surface area contributed by atoms with Gasteiger partial charge < -0.3 is 0 Å². The maximum absolute atomic E-state index is 11.6. The zero-order valence-corrected chi connectivity index (χ0v) is 7.76. The van der Waals surface area contributed by atoms with Crippen molar-refractivity contribution in [3.63, 3.8) is 0 Å². The summed E-state index contributed by atoms with van der Waals surface area (Å²) < 4.78 is 0. The molecule has 0 aliphatic heterocycles. The Morgan fingerprint density at radius 3 is 2.45 bits per heavy atom.